The third-order valence-electron chi connectivity index (χ3n) is 5.13. The number of nitrogens with one attached hydrogen (secondary N) is 2. The van der Waals surface area contributed by atoms with Crippen LogP contribution in [-0.2, 0) is 25.4 Å². The average Bonchev–Trinajstić information content (AvgIpc) is 3.33. The molecule has 0 radical (unpaired) electrons. The molecule has 0 saturated heterocycles. The van der Waals surface area contributed by atoms with Crippen molar-refractivity contribution in [2.45, 2.75) is 85.5 Å². The molecule has 0 bridgehead atoms. The highest BCUT2D eigenvalue weighted by atomic mass is 16.6. The summed E-state index contributed by atoms with van der Waals surface area (Å²) in [6.07, 6.45) is 1.53. The molecule has 13 nitrogen and oxygen atoms in total. The number of nitrogens with zero attached hydrogens (tertiary/aromatic N) is 3. The van der Waals surface area contributed by atoms with Gasteiger partial charge in [-0.05, 0) is 98.7 Å². The van der Waals surface area contributed by atoms with Crippen LogP contribution in [0, 0.1) is 0 Å². The van der Waals surface area contributed by atoms with Gasteiger partial charge in [0.2, 0.25) is 5.96 Å². The molecule has 0 spiro atoms. The number of carbonyl (C=O) groups excluding carboxylic acids is 4. The quantitative estimate of drug-likeness (QED) is 0.165. The Morgan fingerprint density at radius 2 is 1.32 bits per heavy atom. The highest BCUT2D eigenvalue weighted by Gasteiger charge is 2.22. The molecular formula is C31H39N5O8. The number of carbonyl (C=O) groups is 4. The van der Waals surface area contributed by atoms with Gasteiger partial charge in [-0.1, -0.05) is 0 Å². The molecule has 2 heterocycles. The van der Waals surface area contributed by atoms with Crippen molar-refractivity contribution >= 4 is 41.4 Å². The first-order valence-electron chi connectivity index (χ1n) is 13.9. The molecule has 3 aromatic rings. The second-order valence-corrected chi connectivity index (χ2v) is 12.7. The van der Waals surface area contributed by atoms with Gasteiger partial charge in [-0.15, -0.1) is 0 Å². The number of hydrogen-bond donors (Lipinski definition) is 2. The number of pyridine rings is 1. The van der Waals surface area contributed by atoms with E-state index in [1.807, 2.05) is 0 Å². The number of fused-ring (bicyclic) bond motifs is 1. The van der Waals surface area contributed by atoms with Gasteiger partial charge in [0, 0.05) is 18.1 Å². The Balaban J connectivity index is 1.77. The maximum atomic E-state index is 13.0. The van der Waals surface area contributed by atoms with Gasteiger partial charge in [0.25, 0.3) is 0 Å². The Morgan fingerprint density at radius 1 is 0.773 bits per heavy atom. The van der Waals surface area contributed by atoms with E-state index in [1.54, 1.807) is 85.0 Å². The summed E-state index contributed by atoms with van der Waals surface area (Å²) < 4.78 is 23.2. The zero-order valence-electron chi connectivity index (χ0n) is 26.4. The largest absolute Gasteiger partial charge is 0.460 e. The van der Waals surface area contributed by atoms with E-state index in [-0.39, 0.29) is 23.7 Å². The Labute approximate surface area is 255 Å². The number of guanidine groups is 1. The normalized spacial score (nSPS) is 11.8. The van der Waals surface area contributed by atoms with Gasteiger partial charge in [-0.2, -0.15) is 0 Å². The summed E-state index contributed by atoms with van der Waals surface area (Å²) in [4.78, 5) is 58.5. The first kappa shape index (κ1) is 33.6. The molecule has 2 N–H and O–H groups in total. The minimum Gasteiger partial charge on any atom is -0.460 e. The van der Waals surface area contributed by atoms with Gasteiger partial charge in [0.15, 0.2) is 11.4 Å². The number of rotatable bonds is 5. The highest BCUT2D eigenvalue weighted by Crippen LogP contribution is 2.23. The molecule has 0 atom stereocenters. The van der Waals surface area contributed by atoms with Crippen LogP contribution in [0.25, 0.3) is 5.65 Å². The summed E-state index contributed by atoms with van der Waals surface area (Å²) >= 11 is 0. The lowest BCUT2D eigenvalue weighted by molar-refractivity contribution is -0.154. The number of aliphatic imine (C=N–C) groups is 1. The summed E-state index contributed by atoms with van der Waals surface area (Å²) in [7, 11) is 0. The second kappa shape index (κ2) is 13.1. The van der Waals surface area contributed by atoms with Gasteiger partial charge in [-0.25, -0.2) is 24.4 Å². The van der Waals surface area contributed by atoms with Crippen LogP contribution < -0.4 is 15.4 Å². The molecule has 0 aliphatic carbocycles. The predicted octanol–water partition coefficient (Wildman–Crippen LogP) is 5.47. The van der Waals surface area contributed by atoms with E-state index in [0.29, 0.717) is 17.0 Å². The first-order chi connectivity index (χ1) is 20.3. The molecular weight excluding hydrogens is 570 g/mol. The smallest absolute Gasteiger partial charge is 0.414 e. The lowest BCUT2D eigenvalue weighted by atomic mass is 10.2. The third kappa shape index (κ3) is 10.7. The molecule has 0 saturated carbocycles. The number of hydrogen-bond acceptors (Lipinski definition) is 10. The summed E-state index contributed by atoms with van der Waals surface area (Å²) in [5.41, 5.74) is -0.727. The molecule has 2 aromatic heterocycles. The molecule has 3 rings (SSSR count). The summed E-state index contributed by atoms with van der Waals surface area (Å²) in [6, 6.07) is 9.17. The van der Waals surface area contributed by atoms with Crippen LogP contribution in [0.4, 0.5) is 15.3 Å². The zero-order valence-corrected chi connectivity index (χ0v) is 26.4. The second-order valence-electron chi connectivity index (χ2n) is 12.7. The molecule has 236 valence electrons. The minimum atomic E-state index is -0.838. The molecule has 13 heteroatoms. The maximum Gasteiger partial charge on any atom is 0.414 e. The van der Waals surface area contributed by atoms with E-state index in [1.165, 1.54) is 30.5 Å². The molecule has 0 aliphatic rings. The van der Waals surface area contributed by atoms with Gasteiger partial charge in [-0.3, -0.25) is 15.4 Å². The SMILES string of the molecule is CC(C)(C)OC(=O)Cc1ccc(OC(=O)c2ccc(N=C(NC(=O)OC(C)(C)C)NC(=O)OC(C)(C)C)cc2)c2nccn12. The summed E-state index contributed by atoms with van der Waals surface area (Å²) in [5, 5.41) is 4.79. The Morgan fingerprint density at radius 3 is 1.84 bits per heavy atom. The van der Waals surface area contributed by atoms with E-state index in [9.17, 15) is 19.2 Å². The van der Waals surface area contributed by atoms with Gasteiger partial charge < -0.3 is 23.3 Å². The Kier molecular flexibility index (Phi) is 10.0. The fourth-order valence-corrected chi connectivity index (χ4v) is 3.64. The maximum absolute atomic E-state index is 13.0. The zero-order chi connectivity index (χ0) is 32.9. The highest BCUT2D eigenvalue weighted by molar-refractivity contribution is 6.02. The van der Waals surface area contributed by atoms with Crippen molar-refractivity contribution in [3.05, 3.63) is 60.0 Å². The molecule has 44 heavy (non-hydrogen) atoms. The lowest BCUT2D eigenvalue weighted by Gasteiger charge is -2.22. The van der Waals surface area contributed by atoms with Gasteiger partial charge >= 0.3 is 24.1 Å². The number of alkyl carbamates (subject to hydrolysis) is 2. The Hall–Kier alpha value is -4.94. The predicted molar refractivity (Wildman–Crippen MR) is 162 cm³/mol. The van der Waals surface area contributed by atoms with Crippen LogP contribution in [0.2, 0.25) is 0 Å². The topological polar surface area (TPSA) is 159 Å². The van der Waals surface area contributed by atoms with Crippen molar-refractivity contribution in [1.29, 1.82) is 0 Å². The number of aromatic nitrogens is 2. The third-order valence-corrected chi connectivity index (χ3v) is 5.13. The molecule has 2 amide bonds. The fourth-order valence-electron chi connectivity index (χ4n) is 3.64. The van der Waals surface area contributed by atoms with E-state index in [2.05, 4.69) is 20.6 Å². The van der Waals surface area contributed by atoms with E-state index >= 15 is 0 Å². The molecule has 0 unspecified atom stereocenters. The lowest BCUT2D eigenvalue weighted by Crippen LogP contribution is -2.47. The summed E-state index contributed by atoms with van der Waals surface area (Å²) in [5.74, 6) is -1.10. The Bertz CT molecular complexity index is 1520. The molecule has 1 aromatic carbocycles. The van der Waals surface area contributed by atoms with Gasteiger partial charge in [0.05, 0.1) is 17.7 Å². The standard InChI is InChI=1S/C31H39N5O8/c1-29(2,3)42-23(37)18-21-14-15-22(24-32-16-17-36(21)24)41-25(38)19-10-12-20(13-11-19)33-26(34-27(39)43-30(4,5)6)35-28(40)44-31(7,8)9/h10-17H,18H2,1-9H3,(H2,33,34,35,39,40). The van der Waals surface area contributed by atoms with Crippen molar-refractivity contribution in [1.82, 2.24) is 20.0 Å². The van der Waals surface area contributed by atoms with Crippen LogP contribution in [0.5, 0.6) is 5.75 Å². The minimum absolute atomic E-state index is 0.00783. The van der Waals surface area contributed by atoms with Crippen LogP contribution in [0.3, 0.4) is 0 Å². The van der Waals surface area contributed by atoms with Crippen molar-refractivity contribution in [2.24, 2.45) is 4.99 Å². The van der Waals surface area contributed by atoms with E-state index < -0.39 is 40.9 Å². The van der Waals surface area contributed by atoms with Crippen LogP contribution >= 0.6 is 0 Å². The van der Waals surface area contributed by atoms with E-state index in [0.717, 1.165) is 0 Å². The van der Waals surface area contributed by atoms with Crippen molar-refractivity contribution in [3.8, 4) is 5.75 Å². The average molecular weight is 610 g/mol. The summed E-state index contributed by atoms with van der Waals surface area (Å²) in [6.45, 7) is 15.5. The van der Waals surface area contributed by atoms with Crippen LogP contribution in [-0.4, -0.2) is 56.3 Å². The van der Waals surface area contributed by atoms with Crippen molar-refractivity contribution in [2.75, 3.05) is 0 Å². The number of benzene rings is 1. The van der Waals surface area contributed by atoms with Crippen molar-refractivity contribution in [3.63, 3.8) is 0 Å². The molecule has 0 aliphatic heterocycles. The number of ether oxygens (including phenoxy) is 4. The number of imidazole rings is 1. The number of amides is 2. The molecule has 0 fully saturated rings. The monoisotopic (exact) mass is 609 g/mol. The van der Waals surface area contributed by atoms with E-state index in [4.69, 9.17) is 18.9 Å². The first-order valence-corrected chi connectivity index (χ1v) is 13.9. The number of esters is 2. The van der Waals surface area contributed by atoms with Gasteiger partial charge in [0.1, 0.15) is 16.8 Å². The van der Waals surface area contributed by atoms with Crippen LogP contribution in [0.1, 0.15) is 78.4 Å². The van der Waals surface area contributed by atoms with Crippen molar-refractivity contribution < 1.29 is 38.1 Å². The fraction of sp³-hybridized carbons (Fsp3) is 0.419. The van der Waals surface area contributed by atoms with Crippen LogP contribution in [0.15, 0.2) is 53.8 Å².